The molecule has 0 amide bonds. The van der Waals surface area contributed by atoms with Crippen molar-refractivity contribution in [2.24, 2.45) is 4.99 Å². The van der Waals surface area contributed by atoms with Crippen LogP contribution in [0, 0.1) is 0 Å². The summed E-state index contributed by atoms with van der Waals surface area (Å²) < 4.78 is 0. The second kappa shape index (κ2) is 3.55. The molecule has 0 aromatic heterocycles. The van der Waals surface area contributed by atoms with Gasteiger partial charge in [-0.1, -0.05) is 0 Å². The second-order valence-electron chi connectivity index (χ2n) is 1.89. The molecule has 4 nitrogen and oxygen atoms in total. The summed E-state index contributed by atoms with van der Waals surface area (Å²) in [5.41, 5.74) is 0. The molecule has 0 aliphatic carbocycles. The average Bonchev–Trinajstić information content (AvgIpc) is 2.14. The largest absolute Gasteiger partial charge is 0.336 e. The van der Waals surface area contributed by atoms with Crippen LogP contribution in [0.25, 0.3) is 0 Å². The van der Waals surface area contributed by atoms with Crippen LogP contribution in [0.3, 0.4) is 0 Å². The zero-order valence-corrected chi connectivity index (χ0v) is 6.10. The van der Waals surface area contributed by atoms with Gasteiger partial charge in [-0.25, -0.2) is 9.79 Å². The third kappa shape index (κ3) is 2.66. The van der Waals surface area contributed by atoms with Crippen LogP contribution in [0.4, 0.5) is 0 Å². The molecule has 0 atom stereocenters. The maximum absolute atomic E-state index is 10.4. The first-order valence-electron chi connectivity index (χ1n) is 3.12. The molecule has 0 fully saturated rings. The summed E-state index contributed by atoms with van der Waals surface area (Å²) in [6.45, 7) is 1.33. The van der Waals surface area contributed by atoms with Gasteiger partial charge >= 0.3 is 5.97 Å². The van der Waals surface area contributed by atoms with Gasteiger partial charge in [0.15, 0.2) is 0 Å². The van der Waals surface area contributed by atoms with Gasteiger partial charge in [0.1, 0.15) is 6.34 Å². The van der Waals surface area contributed by atoms with E-state index in [-0.39, 0.29) is 5.97 Å². The van der Waals surface area contributed by atoms with Gasteiger partial charge in [0.25, 0.3) is 0 Å². The van der Waals surface area contributed by atoms with E-state index >= 15 is 0 Å². The molecule has 0 aromatic carbocycles. The summed E-state index contributed by atoms with van der Waals surface area (Å²) in [7, 11) is 0. The van der Waals surface area contributed by atoms with E-state index < -0.39 is 0 Å². The highest BCUT2D eigenvalue weighted by atomic mass is 16.7. The van der Waals surface area contributed by atoms with Crippen LogP contribution in [0.1, 0.15) is 6.92 Å². The third-order valence-corrected chi connectivity index (χ3v) is 0.931. The zero-order chi connectivity index (χ0) is 8.10. The maximum Gasteiger partial charge on any atom is 0.329 e. The van der Waals surface area contributed by atoms with E-state index in [0.717, 1.165) is 0 Å². The number of rotatable bonds is 1. The molecule has 0 saturated heterocycles. The molecule has 0 N–H and O–H groups in total. The lowest BCUT2D eigenvalue weighted by molar-refractivity contribution is -0.161. The van der Waals surface area contributed by atoms with Gasteiger partial charge in [0.05, 0.1) is 0 Å². The minimum Gasteiger partial charge on any atom is -0.336 e. The van der Waals surface area contributed by atoms with Gasteiger partial charge in [-0.2, -0.15) is 5.06 Å². The highest BCUT2D eigenvalue weighted by Crippen LogP contribution is 1.94. The van der Waals surface area contributed by atoms with Crippen molar-refractivity contribution in [3.05, 3.63) is 24.6 Å². The van der Waals surface area contributed by atoms with Gasteiger partial charge < -0.3 is 4.84 Å². The first-order chi connectivity index (χ1) is 5.29. The molecule has 58 valence electrons. The molecule has 4 heteroatoms. The monoisotopic (exact) mass is 152 g/mol. The number of carbonyl (C=O) groups excluding carboxylic acids is 1. The third-order valence-electron chi connectivity index (χ3n) is 0.931. The summed E-state index contributed by atoms with van der Waals surface area (Å²) in [5, 5.41) is 1.24. The second-order valence-corrected chi connectivity index (χ2v) is 1.89. The van der Waals surface area contributed by atoms with Gasteiger partial charge in [0, 0.05) is 19.3 Å². The molecule has 0 aromatic rings. The minimum absolute atomic E-state index is 0.372. The Hall–Kier alpha value is -1.58. The topological polar surface area (TPSA) is 41.9 Å². The molecular weight excluding hydrogens is 144 g/mol. The highest BCUT2D eigenvalue weighted by Gasteiger charge is 1.98. The van der Waals surface area contributed by atoms with Gasteiger partial charge in [-0.3, -0.25) is 0 Å². The normalized spacial score (nSPS) is 14.8. The Kier molecular flexibility index (Phi) is 2.43. The van der Waals surface area contributed by atoms with Crippen molar-refractivity contribution in [1.82, 2.24) is 5.06 Å². The van der Waals surface area contributed by atoms with E-state index in [1.165, 1.54) is 18.3 Å². The minimum atomic E-state index is -0.372. The average molecular weight is 152 g/mol. The van der Waals surface area contributed by atoms with Crippen LogP contribution in [0.2, 0.25) is 0 Å². The first kappa shape index (κ1) is 7.53. The van der Waals surface area contributed by atoms with Crippen LogP contribution in [0.5, 0.6) is 0 Å². The first-order valence-corrected chi connectivity index (χ1v) is 3.12. The fourth-order valence-corrected chi connectivity index (χ4v) is 0.579. The van der Waals surface area contributed by atoms with Crippen LogP contribution in [-0.4, -0.2) is 17.4 Å². The number of aliphatic imine (C=N–C) groups is 1. The number of allylic oxidation sites excluding steroid dienone is 2. The fraction of sp³-hybridized carbons (Fsp3) is 0.143. The lowest BCUT2D eigenvalue weighted by Crippen LogP contribution is -2.18. The van der Waals surface area contributed by atoms with Crippen molar-refractivity contribution >= 4 is 12.3 Å². The van der Waals surface area contributed by atoms with Gasteiger partial charge in [-0.15, -0.1) is 0 Å². The number of hydrogen-bond acceptors (Lipinski definition) is 4. The Morgan fingerprint density at radius 1 is 1.55 bits per heavy atom. The Morgan fingerprint density at radius 2 is 2.36 bits per heavy atom. The highest BCUT2D eigenvalue weighted by molar-refractivity contribution is 5.68. The van der Waals surface area contributed by atoms with Gasteiger partial charge in [-0.05, 0) is 12.2 Å². The SMILES string of the molecule is CC(=O)ON1C=CC=CN=C1. The lowest BCUT2D eigenvalue weighted by atomic mass is 10.6. The Labute approximate surface area is 64.4 Å². The molecule has 1 heterocycles. The Balaban J connectivity index is 2.53. The van der Waals surface area contributed by atoms with E-state index in [4.69, 9.17) is 0 Å². The van der Waals surface area contributed by atoms with Crippen molar-refractivity contribution in [2.45, 2.75) is 6.92 Å². The predicted octanol–water partition coefficient (Wildman–Crippen LogP) is 0.836. The molecule has 1 aliphatic heterocycles. The zero-order valence-electron chi connectivity index (χ0n) is 6.10. The molecular formula is C7H8N2O2. The molecule has 1 aliphatic rings. The van der Waals surface area contributed by atoms with E-state index in [1.54, 1.807) is 24.6 Å². The predicted molar refractivity (Wildman–Crippen MR) is 40.4 cm³/mol. The summed E-state index contributed by atoms with van der Waals surface area (Å²) in [6.07, 6.45) is 8.05. The van der Waals surface area contributed by atoms with Crippen LogP contribution < -0.4 is 0 Å². The van der Waals surface area contributed by atoms with E-state index in [1.807, 2.05) is 0 Å². The molecule has 0 unspecified atom stereocenters. The molecule has 11 heavy (non-hydrogen) atoms. The quantitative estimate of drug-likeness (QED) is 0.559. The maximum atomic E-state index is 10.4. The van der Waals surface area contributed by atoms with Crippen molar-refractivity contribution in [1.29, 1.82) is 0 Å². The van der Waals surface area contributed by atoms with Crippen LogP contribution in [0.15, 0.2) is 29.5 Å². The van der Waals surface area contributed by atoms with E-state index in [2.05, 4.69) is 9.83 Å². The van der Waals surface area contributed by atoms with Crippen molar-refractivity contribution in [3.63, 3.8) is 0 Å². The molecule has 0 spiro atoms. The van der Waals surface area contributed by atoms with E-state index in [9.17, 15) is 4.79 Å². The number of hydrogen-bond donors (Lipinski definition) is 0. The van der Waals surface area contributed by atoms with Crippen molar-refractivity contribution < 1.29 is 9.63 Å². The molecule has 1 rings (SSSR count). The number of carbonyl (C=O) groups is 1. The van der Waals surface area contributed by atoms with E-state index in [0.29, 0.717) is 0 Å². The fourth-order valence-electron chi connectivity index (χ4n) is 0.579. The number of nitrogens with zero attached hydrogens (tertiary/aromatic N) is 2. The van der Waals surface area contributed by atoms with Crippen LogP contribution in [-0.2, 0) is 9.63 Å². The lowest BCUT2D eigenvalue weighted by Gasteiger charge is -2.10. The Morgan fingerprint density at radius 3 is 3.09 bits per heavy atom. The summed E-state index contributed by atoms with van der Waals surface area (Å²) in [5.74, 6) is -0.372. The van der Waals surface area contributed by atoms with Crippen LogP contribution >= 0.6 is 0 Å². The summed E-state index contributed by atoms with van der Waals surface area (Å²) >= 11 is 0. The number of hydroxylamine groups is 2. The van der Waals surface area contributed by atoms with Crippen molar-refractivity contribution in [3.8, 4) is 0 Å². The van der Waals surface area contributed by atoms with Gasteiger partial charge in [0.2, 0.25) is 0 Å². The summed E-state index contributed by atoms with van der Waals surface area (Å²) in [4.78, 5) is 18.9. The summed E-state index contributed by atoms with van der Waals surface area (Å²) in [6, 6.07) is 0. The molecule has 0 saturated carbocycles. The smallest absolute Gasteiger partial charge is 0.329 e. The van der Waals surface area contributed by atoms with Crippen molar-refractivity contribution in [2.75, 3.05) is 0 Å². The molecule has 0 radical (unpaired) electrons. The Bertz CT molecular complexity index is 215. The molecule has 0 bridgehead atoms. The standard InChI is InChI=1S/C7H8N2O2/c1-7(10)11-9-5-3-2-4-8-6-9/h2-6H,1H3.